The van der Waals surface area contributed by atoms with Crippen LogP contribution in [0.4, 0.5) is 0 Å². The van der Waals surface area contributed by atoms with Gasteiger partial charge in [0.25, 0.3) is 0 Å². The number of hydrogen-bond donors (Lipinski definition) is 2. The van der Waals surface area contributed by atoms with E-state index in [0.717, 1.165) is 12.8 Å². The minimum atomic E-state index is -3.22. The predicted octanol–water partition coefficient (Wildman–Crippen LogP) is 1.36. The van der Waals surface area contributed by atoms with Crippen molar-refractivity contribution in [3.8, 4) is 0 Å². The first-order valence-electron chi connectivity index (χ1n) is 5.93. The number of rotatable bonds is 8. The summed E-state index contributed by atoms with van der Waals surface area (Å²) in [6.07, 6.45) is 1.92. The minimum absolute atomic E-state index is 0.00575. The highest BCUT2D eigenvalue weighted by molar-refractivity contribution is 7.89. The Morgan fingerprint density at radius 2 is 1.81 bits per heavy atom. The number of aliphatic hydroxyl groups is 1. The van der Waals surface area contributed by atoms with Crippen molar-refractivity contribution in [1.82, 2.24) is 4.72 Å². The Labute approximate surface area is 99.5 Å². The summed E-state index contributed by atoms with van der Waals surface area (Å²) < 4.78 is 26.1. The molecule has 3 atom stereocenters. The topological polar surface area (TPSA) is 66.4 Å². The van der Waals surface area contributed by atoms with Crippen molar-refractivity contribution < 1.29 is 13.5 Å². The summed E-state index contributed by atoms with van der Waals surface area (Å²) in [6.45, 7) is 7.59. The molecule has 16 heavy (non-hydrogen) atoms. The second kappa shape index (κ2) is 7.25. The van der Waals surface area contributed by atoms with E-state index in [1.807, 2.05) is 20.8 Å². The standard InChI is InChI=1S/C11H25NO3S/c1-5-6-9(2)8-16(14,15)12-11(4)10(3)7-13/h9-13H,5-8H2,1-4H3. The zero-order chi connectivity index (χ0) is 12.8. The van der Waals surface area contributed by atoms with Crippen LogP contribution in [0.3, 0.4) is 0 Å². The number of sulfonamides is 1. The van der Waals surface area contributed by atoms with Crippen LogP contribution in [0.1, 0.15) is 40.5 Å². The van der Waals surface area contributed by atoms with Gasteiger partial charge in [-0.15, -0.1) is 0 Å². The second-order valence-electron chi connectivity index (χ2n) is 4.74. The van der Waals surface area contributed by atoms with Gasteiger partial charge in [0.05, 0.1) is 5.75 Å². The molecular weight excluding hydrogens is 226 g/mol. The molecule has 0 saturated carbocycles. The summed E-state index contributed by atoms with van der Waals surface area (Å²) in [6, 6.07) is -0.219. The van der Waals surface area contributed by atoms with E-state index in [-0.39, 0.29) is 30.2 Å². The quantitative estimate of drug-likeness (QED) is 0.684. The maximum absolute atomic E-state index is 11.8. The monoisotopic (exact) mass is 251 g/mol. The van der Waals surface area contributed by atoms with Crippen LogP contribution in [0.15, 0.2) is 0 Å². The molecule has 0 aliphatic heterocycles. The Morgan fingerprint density at radius 3 is 2.25 bits per heavy atom. The number of hydrogen-bond acceptors (Lipinski definition) is 3. The van der Waals surface area contributed by atoms with Gasteiger partial charge in [-0.1, -0.05) is 27.2 Å². The number of aliphatic hydroxyl groups excluding tert-OH is 1. The third-order valence-corrected chi connectivity index (χ3v) is 4.53. The maximum Gasteiger partial charge on any atom is 0.212 e. The average Bonchev–Trinajstić information content (AvgIpc) is 2.14. The van der Waals surface area contributed by atoms with Crippen molar-refractivity contribution in [2.45, 2.75) is 46.6 Å². The summed E-state index contributed by atoms with van der Waals surface area (Å²) in [5, 5.41) is 8.93. The van der Waals surface area contributed by atoms with Gasteiger partial charge < -0.3 is 5.11 Å². The molecule has 0 radical (unpaired) electrons. The Balaban J connectivity index is 4.24. The fraction of sp³-hybridized carbons (Fsp3) is 1.00. The Bertz CT molecular complexity index is 277. The third kappa shape index (κ3) is 6.45. The maximum atomic E-state index is 11.8. The lowest BCUT2D eigenvalue weighted by molar-refractivity contribution is 0.216. The molecule has 3 unspecified atom stereocenters. The molecule has 0 aromatic heterocycles. The molecule has 0 rings (SSSR count). The highest BCUT2D eigenvalue weighted by Crippen LogP contribution is 2.09. The van der Waals surface area contributed by atoms with E-state index in [2.05, 4.69) is 4.72 Å². The molecule has 0 heterocycles. The average molecular weight is 251 g/mol. The summed E-state index contributed by atoms with van der Waals surface area (Å²) in [4.78, 5) is 0. The molecule has 0 bridgehead atoms. The molecule has 0 spiro atoms. The molecule has 0 aliphatic rings. The molecule has 4 nitrogen and oxygen atoms in total. The highest BCUT2D eigenvalue weighted by Gasteiger charge is 2.20. The van der Waals surface area contributed by atoms with Crippen LogP contribution in [0.2, 0.25) is 0 Å². The second-order valence-corrected chi connectivity index (χ2v) is 6.54. The van der Waals surface area contributed by atoms with Crippen molar-refractivity contribution in [3.63, 3.8) is 0 Å². The van der Waals surface area contributed by atoms with Crippen molar-refractivity contribution in [2.24, 2.45) is 11.8 Å². The highest BCUT2D eigenvalue weighted by atomic mass is 32.2. The molecule has 0 aliphatic carbocycles. The van der Waals surface area contributed by atoms with Crippen molar-refractivity contribution in [1.29, 1.82) is 0 Å². The van der Waals surface area contributed by atoms with Crippen LogP contribution in [0.25, 0.3) is 0 Å². The molecule has 0 fully saturated rings. The summed E-state index contributed by atoms with van der Waals surface area (Å²) in [5.41, 5.74) is 0. The van der Waals surface area contributed by atoms with E-state index in [9.17, 15) is 8.42 Å². The first-order valence-corrected chi connectivity index (χ1v) is 7.58. The van der Waals surface area contributed by atoms with Gasteiger partial charge in [0, 0.05) is 12.6 Å². The van der Waals surface area contributed by atoms with Gasteiger partial charge in [-0.3, -0.25) is 0 Å². The van der Waals surface area contributed by atoms with Crippen molar-refractivity contribution in [3.05, 3.63) is 0 Å². The van der Waals surface area contributed by atoms with Crippen molar-refractivity contribution in [2.75, 3.05) is 12.4 Å². The number of nitrogens with one attached hydrogen (secondary N) is 1. The molecule has 0 aromatic rings. The Morgan fingerprint density at radius 1 is 1.25 bits per heavy atom. The molecule has 0 amide bonds. The van der Waals surface area contributed by atoms with E-state index in [1.165, 1.54) is 0 Å². The van der Waals surface area contributed by atoms with Gasteiger partial charge >= 0.3 is 0 Å². The zero-order valence-corrected chi connectivity index (χ0v) is 11.5. The first-order chi connectivity index (χ1) is 7.32. The summed E-state index contributed by atoms with van der Waals surface area (Å²) >= 11 is 0. The molecular formula is C11H25NO3S. The van der Waals surface area contributed by atoms with Crippen LogP contribution in [-0.2, 0) is 10.0 Å². The smallest absolute Gasteiger partial charge is 0.212 e. The zero-order valence-electron chi connectivity index (χ0n) is 10.7. The predicted molar refractivity (Wildman–Crippen MR) is 66.7 cm³/mol. The lowest BCUT2D eigenvalue weighted by Gasteiger charge is -2.20. The van der Waals surface area contributed by atoms with Crippen molar-refractivity contribution >= 4 is 10.0 Å². The molecule has 0 saturated heterocycles. The van der Waals surface area contributed by atoms with Gasteiger partial charge in [0.1, 0.15) is 0 Å². The third-order valence-electron chi connectivity index (χ3n) is 2.79. The summed E-state index contributed by atoms with van der Waals surface area (Å²) in [5.74, 6) is 0.291. The fourth-order valence-corrected chi connectivity index (χ4v) is 3.37. The van der Waals surface area contributed by atoms with E-state index in [4.69, 9.17) is 5.11 Å². The van der Waals surface area contributed by atoms with E-state index in [0.29, 0.717) is 0 Å². The lowest BCUT2D eigenvalue weighted by Crippen LogP contribution is -2.40. The van der Waals surface area contributed by atoms with Crippen LogP contribution in [0, 0.1) is 11.8 Å². The lowest BCUT2D eigenvalue weighted by atomic mass is 10.1. The normalized spacial score (nSPS) is 18.1. The van der Waals surface area contributed by atoms with Gasteiger partial charge in [-0.05, 0) is 25.2 Å². The SMILES string of the molecule is CCCC(C)CS(=O)(=O)NC(C)C(C)CO. The van der Waals surface area contributed by atoms with Crippen LogP contribution < -0.4 is 4.72 Å². The van der Waals surface area contributed by atoms with Crippen LogP contribution in [0.5, 0.6) is 0 Å². The van der Waals surface area contributed by atoms with Crippen LogP contribution >= 0.6 is 0 Å². The van der Waals surface area contributed by atoms with Gasteiger partial charge in [-0.2, -0.15) is 0 Å². The minimum Gasteiger partial charge on any atom is -0.396 e. The van der Waals surface area contributed by atoms with E-state index >= 15 is 0 Å². The largest absolute Gasteiger partial charge is 0.396 e. The van der Waals surface area contributed by atoms with Gasteiger partial charge in [0.2, 0.25) is 10.0 Å². The van der Waals surface area contributed by atoms with Gasteiger partial charge in [-0.25, -0.2) is 13.1 Å². The fourth-order valence-electron chi connectivity index (χ4n) is 1.56. The van der Waals surface area contributed by atoms with Gasteiger partial charge in [0.15, 0.2) is 0 Å². The Hall–Kier alpha value is -0.130. The molecule has 5 heteroatoms. The first kappa shape index (κ1) is 15.9. The Kier molecular flexibility index (Phi) is 7.19. The van der Waals surface area contributed by atoms with Crippen LogP contribution in [-0.4, -0.2) is 31.9 Å². The van der Waals surface area contributed by atoms with E-state index in [1.54, 1.807) is 6.92 Å². The molecule has 2 N–H and O–H groups in total. The molecule has 98 valence electrons. The molecule has 0 aromatic carbocycles. The summed E-state index contributed by atoms with van der Waals surface area (Å²) in [7, 11) is -3.22. The van der Waals surface area contributed by atoms with E-state index < -0.39 is 10.0 Å².